The van der Waals surface area contributed by atoms with Gasteiger partial charge < -0.3 is 0 Å². The topological polar surface area (TPSA) is 12.9 Å². The Bertz CT molecular complexity index is 218. The maximum Gasteiger partial charge on any atom is 0.0412 e. The number of hydrogen-bond donors (Lipinski definition) is 0. The smallest absolute Gasteiger partial charge is 0.0412 e. The van der Waals surface area contributed by atoms with E-state index in [1.54, 1.807) is 0 Å². The number of hydrogen-bond acceptors (Lipinski definition) is 1. The molecule has 1 nitrogen and oxygen atoms in total. The van der Waals surface area contributed by atoms with Crippen LogP contribution in [0, 0.1) is 6.92 Å². The minimum Gasteiger partial charge on any atom is -0.258 e. The van der Waals surface area contributed by atoms with Gasteiger partial charge in [0, 0.05) is 11.4 Å². The molecule has 2 rings (SSSR count). The number of rotatable bonds is 0. The SMILES string of the molecule is Cc1cc2cc(n1)CC2. The molecule has 0 aromatic carbocycles. The van der Waals surface area contributed by atoms with Crippen LogP contribution in [-0.2, 0) is 12.8 Å². The molecule has 46 valence electrons. The van der Waals surface area contributed by atoms with Crippen LogP contribution in [-0.4, -0.2) is 4.98 Å². The number of aromatic nitrogens is 1. The molecule has 0 atom stereocenters. The van der Waals surface area contributed by atoms with Crippen molar-refractivity contribution in [3.8, 4) is 0 Å². The lowest BCUT2D eigenvalue weighted by Gasteiger charge is -1.90. The minimum atomic E-state index is 1.16. The Morgan fingerprint density at radius 3 is 3.00 bits per heavy atom. The summed E-state index contributed by atoms with van der Waals surface area (Å²) in [6, 6.07) is 4.35. The molecule has 1 aliphatic rings. The monoisotopic (exact) mass is 119 g/mol. The van der Waals surface area contributed by atoms with Crippen molar-refractivity contribution in [3.05, 3.63) is 29.1 Å². The molecule has 9 heavy (non-hydrogen) atoms. The second-order valence-electron chi connectivity index (χ2n) is 2.61. The maximum absolute atomic E-state index is 4.34. The van der Waals surface area contributed by atoms with E-state index in [1.807, 2.05) is 0 Å². The Balaban J connectivity index is 2.64. The van der Waals surface area contributed by atoms with Crippen LogP contribution in [0.3, 0.4) is 0 Å². The van der Waals surface area contributed by atoms with E-state index in [-0.39, 0.29) is 0 Å². The third-order valence-corrected chi connectivity index (χ3v) is 1.74. The van der Waals surface area contributed by atoms with Crippen LogP contribution in [0.4, 0.5) is 0 Å². The fraction of sp³-hybridized carbons (Fsp3) is 0.375. The number of nitrogens with zero attached hydrogens (tertiary/aromatic N) is 1. The molecule has 0 unspecified atom stereocenters. The van der Waals surface area contributed by atoms with Crippen molar-refractivity contribution in [2.45, 2.75) is 19.8 Å². The molecule has 0 amide bonds. The van der Waals surface area contributed by atoms with Gasteiger partial charge in [0.05, 0.1) is 0 Å². The third kappa shape index (κ3) is 0.727. The molecule has 0 fully saturated rings. The lowest BCUT2D eigenvalue weighted by Crippen LogP contribution is -1.82. The lowest BCUT2D eigenvalue weighted by molar-refractivity contribution is 0.988. The highest BCUT2D eigenvalue weighted by molar-refractivity contribution is 5.26. The first-order chi connectivity index (χ1) is 4.34. The van der Waals surface area contributed by atoms with Crippen molar-refractivity contribution >= 4 is 0 Å². The van der Waals surface area contributed by atoms with Gasteiger partial charge in [-0.05, 0) is 37.5 Å². The summed E-state index contributed by atoms with van der Waals surface area (Å²) < 4.78 is 0. The van der Waals surface area contributed by atoms with Gasteiger partial charge in [-0.1, -0.05) is 0 Å². The molecule has 2 bridgehead atoms. The fourth-order valence-electron chi connectivity index (χ4n) is 1.36. The number of aryl methyl sites for hydroxylation is 3. The summed E-state index contributed by atoms with van der Waals surface area (Å²) >= 11 is 0. The van der Waals surface area contributed by atoms with Gasteiger partial charge in [-0.25, -0.2) is 0 Å². The quantitative estimate of drug-likeness (QED) is 0.504. The Morgan fingerprint density at radius 1 is 1.33 bits per heavy atom. The maximum atomic E-state index is 4.34. The van der Waals surface area contributed by atoms with Crippen LogP contribution in [0.15, 0.2) is 12.1 Å². The van der Waals surface area contributed by atoms with Gasteiger partial charge in [0.1, 0.15) is 0 Å². The highest BCUT2D eigenvalue weighted by Crippen LogP contribution is 2.15. The summed E-state index contributed by atoms with van der Waals surface area (Å²) in [6.45, 7) is 2.05. The van der Waals surface area contributed by atoms with Crippen LogP contribution < -0.4 is 0 Å². The molecule has 0 saturated heterocycles. The second-order valence-corrected chi connectivity index (χ2v) is 2.61. The standard InChI is InChI=1S/C8H9N/c1-6-4-7-2-3-8(5-7)9-6/h4-5H,2-3H2,1H3. The van der Waals surface area contributed by atoms with Gasteiger partial charge >= 0.3 is 0 Å². The first-order valence-corrected chi connectivity index (χ1v) is 3.31. The Kier molecular flexibility index (Phi) is 0.865. The van der Waals surface area contributed by atoms with E-state index in [4.69, 9.17) is 0 Å². The summed E-state index contributed by atoms with van der Waals surface area (Å²) in [4.78, 5) is 4.34. The van der Waals surface area contributed by atoms with Crippen molar-refractivity contribution in [1.82, 2.24) is 4.98 Å². The molecular formula is C8H9N. The molecule has 0 aliphatic heterocycles. The van der Waals surface area contributed by atoms with E-state index in [1.165, 1.54) is 23.4 Å². The lowest BCUT2D eigenvalue weighted by atomic mass is 10.2. The average Bonchev–Trinajstić information content (AvgIpc) is 2.11. The summed E-state index contributed by atoms with van der Waals surface area (Å²) in [5.41, 5.74) is 3.89. The van der Waals surface area contributed by atoms with Gasteiger partial charge in [0.15, 0.2) is 0 Å². The molecule has 1 aliphatic carbocycles. The van der Waals surface area contributed by atoms with E-state index in [2.05, 4.69) is 24.0 Å². The van der Waals surface area contributed by atoms with Crippen LogP contribution in [0.2, 0.25) is 0 Å². The van der Waals surface area contributed by atoms with Crippen molar-refractivity contribution < 1.29 is 0 Å². The summed E-state index contributed by atoms with van der Waals surface area (Å²) in [7, 11) is 0. The zero-order chi connectivity index (χ0) is 6.27. The average molecular weight is 119 g/mol. The first kappa shape index (κ1) is 4.98. The predicted molar refractivity (Wildman–Crippen MR) is 36.4 cm³/mol. The summed E-state index contributed by atoms with van der Waals surface area (Å²) in [5.74, 6) is 0. The normalized spacial score (nSPS) is 14.3. The molecule has 1 aromatic rings. The first-order valence-electron chi connectivity index (χ1n) is 3.31. The molecule has 0 N–H and O–H groups in total. The van der Waals surface area contributed by atoms with Gasteiger partial charge in [-0.2, -0.15) is 0 Å². The molecule has 0 saturated carbocycles. The van der Waals surface area contributed by atoms with E-state index in [0.717, 1.165) is 6.42 Å². The van der Waals surface area contributed by atoms with Crippen LogP contribution in [0.1, 0.15) is 17.0 Å². The molecule has 0 radical (unpaired) electrons. The molecule has 1 heteroatoms. The van der Waals surface area contributed by atoms with Crippen molar-refractivity contribution in [2.75, 3.05) is 0 Å². The summed E-state index contributed by atoms with van der Waals surface area (Å²) in [6.07, 6.45) is 2.36. The predicted octanol–water partition coefficient (Wildman–Crippen LogP) is 1.49. The molecule has 0 spiro atoms. The Labute approximate surface area is 54.7 Å². The van der Waals surface area contributed by atoms with E-state index >= 15 is 0 Å². The highest BCUT2D eigenvalue weighted by Gasteiger charge is 2.07. The second kappa shape index (κ2) is 1.56. The third-order valence-electron chi connectivity index (χ3n) is 1.74. The zero-order valence-corrected chi connectivity index (χ0v) is 5.52. The fourth-order valence-corrected chi connectivity index (χ4v) is 1.36. The van der Waals surface area contributed by atoms with Crippen molar-refractivity contribution in [1.29, 1.82) is 0 Å². The largest absolute Gasteiger partial charge is 0.258 e. The Morgan fingerprint density at radius 2 is 2.22 bits per heavy atom. The molecular weight excluding hydrogens is 110 g/mol. The van der Waals surface area contributed by atoms with Gasteiger partial charge in [0.25, 0.3) is 0 Å². The van der Waals surface area contributed by atoms with E-state index < -0.39 is 0 Å². The van der Waals surface area contributed by atoms with Gasteiger partial charge in [0.2, 0.25) is 0 Å². The van der Waals surface area contributed by atoms with Crippen molar-refractivity contribution in [2.24, 2.45) is 0 Å². The van der Waals surface area contributed by atoms with Gasteiger partial charge in [-0.15, -0.1) is 0 Å². The van der Waals surface area contributed by atoms with E-state index in [0.29, 0.717) is 0 Å². The Hall–Kier alpha value is -0.850. The van der Waals surface area contributed by atoms with Crippen LogP contribution >= 0.6 is 0 Å². The highest BCUT2D eigenvalue weighted by atomic mass is 14.7. The summed E-state index contributed by atoms with van der Waals surface area (Å²) in [5, 5.41) is 0. The molecule has 1 aromatic heterocycles. The van der Waals surface area contributed by atoms with Crippen molar-refractivity contribution in [3.63, 3.8) is 0 Å². The van der Waals surface area contributed by atoms with Crippen LogP contribution in [0.5, 0.6) is 0 Å². The van der Waals surface area contributed by atoms with E-state index in [9.17, 15) is 0 Å². The number of fused-ring (bicyclic) bond motifs is 2. The van der Waals surface area contributed by atoms with Crippen LogP contribution in [0.25, 0.3) is 0 Å². The van der Waals surface area contributed by atoms with Gasteiger partial charge in [-0.3, -0.25) is 4.98 Å². The zero-order valence-electron chi connectivity index (χ0n) is 5.52. The molecule has 1 heterocycles. The number of pyridine rings is 1. The minimum absolute atomic E-state index is 1.16.